The predicted octanol–water partition coefficient (Wildman–Crippen LogP) is 2.93. The molecule has 0 spiro atoms. The molecule has 4 nitrogen and oxygen atoms in total. The lowest BCUT2D eigenvalue weighted by Crippen LogP contribution is -2.13. The minimum atomic E-state index is 0.0906. The van der Waals surface area contributed by atoms with Crippen LogP contribution in [0.1, 0.15) is 38.5 Å². The van der Waals surface area contributed by atoms with Crippen LogP contribution in [0.25, 0.3) is 0 Å². The van der Waals surface area contributed by atoms with Gasteiger partial charge in [-0.1, -0.05) is 31.7 Å². The summed E-state index contributed by atoms with van der Waals surface area (Å²) >= 11 is 0. The Morgan fingerprint density at radius 3 is 2.90 bits per heavy atom. The van der Waals surface area contributed by atoms with Crippen LogP contribution in [0.2, 0.25) is 0 Å². The van der Waals surface area contributed by atoms with Crippen molar-refractivity contribution in [3.63, 3.8) is 0 Å². The standard InChI is InChI=1S/C16H24N2O2/c17-10-11-20-15-7-3-6-14(12-15)18-16(19)9-8-13-4-1-2-5-13/h3,6-7,12-13H,1-2,4-5,8-11,17H2,(H,18,19). The summed E-state index contributed by atoms with van der Waals surface area (Å²) in [7, 11) is 0. The number of nitrogens with one attached hydrogen (secondary N) is 1. The highest BCUT2D eigenvalue weighted by Gasteiger charge is 2.16. The number of anilines is 1. The second-order valence-electron chi connectivity index (χ2n) is 5.40. The molecule has 3 N–H and O–H groups in total. The molecule has 1 fully saturated rings. The lowest BCUT2D eigenvalue weighted by Gasteiger charge is -2.10. The third-order valence-electron chi connectivity index (χ3n) is 3.76. The molecule has 1 saturated carbocycles. The Hall–Kier alpha value is -1.55. The van der Waals surface area contributed by atoms with E-state index in [9.17, 15) is 4.79 Å². The van der Waals surface area contributed by atoms with Crippen LogP contribution in [0.15, 0.2) is 24.3 Å². The summed E-state index contributed by atoms with van der Waals surface area (Å²) in [5, 5.41) is 2.93. The van der Waals surface area contributed by atoms with Gasteiger partial charge in [0.25, 0.3) is 0 Å². The molecule has 0 saturated heterocycles. The zero-order valence-electron chi connectivity index (χ0n) is 11.9. The predicted molar refractivity (Wildman–Crippen MR) is 80.8 cm³/mol. The lowest BCUT2D eigenvalue weighted by molar-refractivity contribution is -0.116. The van der Waals surface area contributed by atoms with Crippen molar-refractivity contribution in [2.24, 2.45) is 11.7 Å². The van der Waals surface area contributed by atoms with Gasteiger partial charge in [0.1, 0.15) is 12.4 Å². The minimum absolute atomic E-state index is 0.0906. The molecule has 1 aliphatic carbocycles. The summed E-state index contributed by atoms with van der Waals surface area (Å²) in [5.41, 5.74) is 6.19. The van der Waals surface area contributed by atoms with Gasteiger partial charge in [-0.15, -0.1) is 0 Å². The SMILES string of the molecule is NCCOc1cccc(NC(=O)CCC2CCCC2)c1. The number of nitrogens with two attached hydrogens (primary N) is 1. The molecular formula is C16H24N2O2. The zero-order valence-corrected chi connectivity index (χ0v) is 11.9. The van der Waals surface area contributed by atoms with Crippen molar-refractivity contribution >= 4 is 11.6 Å². The van der Waals surface area contributed by atoms with Crippen LogP contribution in [0.4, 0.5) is 5.69 Å². The maximum Gasteiger partial charge on any atom is 0.224 e. The van der Waals surface area contributed by atoms with Crippen LogP contribution in [-0.4, -0.2) is 19.1 Å². The van der Waals surface area contributed by atoms with E-state index in [0.717, 1.165) is 23.8 Å². The Morgan fingerprint density at radius 2 is 2.15 bits per heavy atom. The van der Waals surface area contributed by atoms with Crippen LogP contribution in [-0.2, 0) is 4.79 Å². The van der Waals surface area contributed by atoms with E-state index >= 15 is 0 Å². The number of ether oxygens (including phenoxy) is 1. The summed E-state index contributed by atoms with van der Waals surface area (Å²) in [6, 6.07) is 7.45. The third kappa shape index (κ3) is 4.85. The van der Waals surface area contributed by atoms with Crippen molar-refractivity contribution in [2.45, 2.75) is 38.5 Å². The number of carbonyl (C=O) groups excluding carboxylic acids is 1. The summed E-state index contributed by atoms with van der Waals surface area (Å²) in [4.78, 5) is 11.9. The van der Waals surface area contributed by atoms with Crippen molar-refractivity contribution in [3.8, 4) is 5.75 Å². The topological polar surface area (TPSA) is 64.3 Å². The Balaban J connectivity index is 1.77. The van der Waals surface area contributed by atoms with E-state index < -0.39 is 0 Å². The van der Waals surface area contributed by atoms with Crippen LogP contribution in [0.5, 0.6) is 5.75 Å². The normalized spacial score (nSPS) is 15.2. The Bertz CT molecular complexity index is 428. The first-order valence-corrected chi connectivity index (χ1v) is 7.50. The first-order chi connectivity index (χ1) is 9.78. The van der Waals surface area contributed by atoms with Gasteiger partial charge in [-0.25, -0.2) is 0 Å². The molecule has 0 radical (unpaired) electrons. The average Bonchev–Trinajstić information content (AvgIpc) is 2.97. The van der Waals surface area contributed by atoms with Crippen molar-refractivity contribution < 1.29 is 9.53 Å². The van der Waals surface area contributed by atoms with Gasteiger partial charge in [-0.2, -0.15) is 0 Å². The van der Waals surface area contributed by atoms with Gasteiger partial charge >= 0.3 is 0 Å². The summed E-state index contributed by atoms with van der Waals surface area (Å²) < 4.78 is 5.44. The molecule has 1 amide bonds. The van der Waals surface area contributed by atoms with E-state index in [4.69, 9.17) is 10.5 Å². The molecule has 20 heavy (non-hydrogen) atoms. The van der Waals surface area contributed by atoms with Crippen molar-refractivity contribution in [2.75, 3.05) is 18.5 Å². The van der Waals surface area contributed by atoms with E-state index in [0.29, 0.717) is 19.6 Å². The van der Waals surface area contributed by atoms with E-state index in [1.807, 2.05) is 24.3 Å². The van der Waals surface area contributed by atoms with Crippen LogP contribution in [0.3, 0.4) is 0 Å². The molecule has 0 atom stereocenters. The van der Waals surface area contributed by atoms with Gasteiger partial charge in [0.05, 0.1) is 0 Å². The van der Waals surface area contributed by atoms with E-state index in [-0.39, 0.29) is 5.91 Å². The number of rotatable bonds is 7. The van der Waals surface area contributed by atoms with Crippen molar-refractivity contribution in [1.82, 2.24) is 0 Å². The fraction of sp³-hybridized carbons (Fsp3) is 0.562. The molecule has 0 aromatic heterocycles. The Kier molecular flexibility index (Phi) is 5.87. The smallest absolute Gasteiger partial charge is 0.224 e. The molecule has 0 aliphatic heterocycles. The Morgan fingerprint density at radius 1 is 1.35 bits per heavy atom. The molecule has 110 valence electrons. The van der Waals surface area contributed by atoms with E-state index in [1.165, 1.54) is 25.7 Å². The van der Waals surface area contributed by atoms with E-state index in [1.54, 1.807) is 0 Å². The molecule has 2 rings (SSSR count). The molecule has 0 heterocycles. The first kappa shape index (κ1) is 14.9. The molecule has 1 aliphatic rings. The Labute approximate surface area is 120 Å². The quantitative estimate of drug-likeness (QED) is 0.804. The van der Waals surface area contributed by atoms with Gasteiger partial charge in [0.2, 0.25) is 5.91 Å². The second-order valence-corrected chi connectivity index (χ2v) is 5.40. The van der Waals surface area contributed by atoms with Crippen LogP contribution < -0.4 is 15.8 Å². The molecular weight excluding hydrogens is 252 g/mol. The van der Waals surface area contributed by atoms with Gasteiger partial charge in [-0.05, 0) is 24.5 Å². The maximum absolute atomic E-state index is 11.9. The molecule has 0 unspecified atom stereocenters. The number of amides is 1. The number of carbonyl (C=O) groups is 1. The second kappa shape index (κ2) is 7.90. The average molecular weight is 276 g/mol. The third-order valence-corrected chi connectivity index (χ3v) is 3.76. The van der Waals surface area contributed by atoms with Gasteiger partial charge < -0.3 is 15.8 Å². The molecule has 4 heteroatoms. The molecule has 1 aromatic carbocycles. The van der Waals surface area contributed by atoms with Crippen LogP contribution in [0, 0.1) is 5.92 Å². The summed E-state index contributed by atoms with van der Waals surface area (Å²) in [6.07, 6.45) is 6.85. The first-order valence-electron chi connectivity index (χ1n) is 7.50. The van der Waals surface area contributed by atoms with Crippen molar-refractivity contribution in [1.29, 1.82) is 0 Å². The highest BCUT2D eigenvalue weighted by Crippen LogP contribution is 2.28. The lowest BCUT2D eigenvalue weighted by atomic mass is 10.0. The monoisotopic (exact) mass is 276 g/mol. The number of hydrogen-bond donors (Lipinski definition) is 2. The summed E-state index contributed by atoms with van der Waals surface area (Å²) in [5.74, 6) is 1.58. The highest BCUT2D eigenvalue weighted by molar-refractivity contribution is 5.90. The largest absolute Gasteiger partial charge is 0.492 e. The number of hydrogen-bond acceptors (Lipinski definition) is 3. The minimum Gasteiger partial charge on any atom is -0.492 e. The summed E-state index contributed by atoms with van der Waals surface area (Å²) in [6.45, 7) is 0.969. The maximum atomic E-state index is 11.9. The van der Waals surface area contributed by atoms with Gasteiger partial charge in [0, 0.05) is 24.7 Å². The highest BCUT2D eigenvalue weighted by atomic mass is 16.5. The zero-order chi connectivity index (χ0) is 14.2. The van der Waals surface area contributed by atoms with Gasteiger partial charge in [0.15, 0.2) is 0 Å². The molecule has 0 bridgehead atoms. The van der Waals surface area contributed by atoms with Gasteiger partial charge in [-0.3, -0.25) is 4.79 Å². The van der Waals surface area contributed by atoms with Crippen molar-refractivity contribution in [3.05, 3.63) is 24.3 Å². The van der Waals surface area contributed by atoms with Crippen LogP contribution >= 0.6 is 0 Å². The molecule has 1 aromatic rings. The fourth-order valence-electron chi connectivity index (χ4n) is 2.70. The fourth-order valence-corrected chi connectivity index (χ4v) is 2.70. The van der Waals surface area contributed by atoms with E-state index in [2.05, 4.69) is 5.32 Å². The number of benzene rings is 1.